The SMILES string of the molecule is [CH2]C1=C(N)C=CCC1. The second-order valence-electron chi connectivity index (χ2n) is 2.00. The summed E-state index contributed by atoms with van der Waals surface area (Å²) in [5.74, 6) is 0. The maximum absolute atomic E-state index is 5.51. The van der Waals surface area contributed by atoms with E-state index in [-0.39, 0.29) is 0 Å². The Morgan fingerprint density at radius 1 is 1.62 bits per heavy atom. The van der Waals surface area contributed by atoms with Crippen molar-refractivity contribution in [2.24, 2.45) is 5.73 Å². The van der Waals surface area contributed by atoms with Gasteiger partial charge in [0.05, 0.1) is 0 Å². The predicted octanol–water partition coefficient (Wildman–Crippen LogP) is 1.38. The highest BCUT2D eigenvalue weighted by atomic mass is 14.6. The van der Waals surface area contributed by atoms with E-state index in [1.54, 1.807) is 0 Å². The first-order valence-corrected chi connectivity index (χ1v) is 2.78. The van der Waals surface area contributed by atoms with Crippen molar-refractivity contribution in [2.45, 2.75) is 12.8 Å². The molecule has 1 rings (SSSR count). The first kappa shape index (κ1) is 5.42. The van der Waals surface area contributed by atoms with Crippen LogP contribution in [0.25, 0.3) is 0 Å². The molecule has 0 spiro atoms. The van der Waals surface area contributed by atoms with Gasteiger partial charge in [0.25, 0.3) is 0 Å². The fourth-order valence-corrected chi connectivity index (χ4v) is 0.730. The number of rotatable bonds is 0. The summed E-state index contributed by atoms with van der Waals surface area (Å²) in [6.07, 6.45) is 6.12. The number of nitrogens with two attached hydrogens (primary N) is 1. The molecule has 1 nitrogen and oxygen atoms in total. The Morgan fingerprint density at radius 3 is 2.75 bits per heavy atom. The average Bonchev–Trinajstić information content (AvgIpc) is 1.77. The van der Waals surface area contributed by atoms with Gasteiger partial charge in [0.2, 0.25) is 0 Å². The molecule has 0 aromatic carbocycles. The zero-order valence-corrected chi connectivity index (χ0v) is 4.85. The molecule has 2 N–H and O–H groups in total. The molecule has 1 aliphatic carbocycles. The standard InChI is InChI=1S/C7H10N/c1-6-4-2-3-5-7(6)8/h3,5H,1-2,4,8H2. The molecule has 0 amide bonds. The van der Waals surface area contributed by atoms with E-state index in [2.05, 4.69) is 13.0 Å². The lowest BCUT2D eigenvalue weighted by atomic mass is 10.0. The van der Waals surface area contributed by atoms with Crippen molar-refractivity contribution in [2.75, 3.05) is 0 Å². The Hall–Kier alpha value is -0.720. The van der Waals surface area contributed by atoms with Crippen molar-refractivity contribution in [3.63, 3.8) is 0 Å². The lowest BCUT2D eigenvalue weighted by Gasteiger charge is -2.05. The van der Waals surface area contributed by atoms with Crippen LogP contribution in [0.3, 0.4) is 0 Å². The Labute approximate surface area is 49.9 Å². The van der Waals surface area contributed by atoms with E-state index in [9.17, 15) is 0 Å². The van der Waals surface area contributed by atoms with Crippen LogP contribution in [0.2, 0.25) is 0 Å². The zero-order chi connectivity index (χ0) is 5.98. The van der Waals surface area contributed by atoms with Crippen LogP contribution in [0.4, 0.5) is 0 Å². The van der Waals surface area contributed by atoms with Crippen LogP contribution < -0.4 is 5.73 Å². The van der Waals surface area contributed by atoms with Gasteiger partial charge in [-0.3, -0.25) is 0 Å². The monoisotopic (exact) mass is 108 g/mol. The number of hydrogen-bond donors (Lipinski definition) is 1. The van der Waals surface area contributed by atoms with Crippen LogP contribution >= 0.6 is 0 Å². The lowest BCUT2D eigenvalue weighted by molar-refractivity contribution is 0.962. The average molecular weight is 108 g/mol. The molecule has 0 unspecified atom stereocenters. The van der Waals surface area contributed by atoms with Gasteiger partial charge in [0.15, 0.2) is 0 Å². The summed E-state index contributed by atoms with van der Waals surface area (Å²) in [6, 6.07) is 0. The van der Waals surface area contributed by atoms with Crippen molar-refractivity contribution < 1.29 is 0 Å². The normalized spacial score (nSPS) is 19.6. The fourth-order valence-electron chi connectivity index (χ4n) is 0.730. The van der Waals surface area contributed by atoms with Gasteiger partial charge in [-0.15, -0.1) is 0 Å². The summed E-state index contributed by atoms with van der Waals surface area (Å²) in [5.41, 5.74) is 7.43. The predicted molar refractivity (Wildman–Crippen MR) is 34.9 cm³/mol. The maximum atomic E-state index is 5.51. The van der Waals surface area contributed by atoms with E-state index in [0.717, 1.165) is 24.1 Å². The third-order valence-corrected chi connectivity index (χ3v) is 1.32. The molecule has 0 saturated carbocycles. The summed E-state index contributed by atoms with van der Waals surface area (Å²) in [4.78, 5) is 0. The fraction of sp³-hybridized carbons (Fsp3) is 0.286. The first-order valence-electron chi connectivity index (χ1n) is 2.78. The van der Waals surface area contributed by atoms with Crippen LogP contribution in [0, 0.1) is 6.92 Å². The minimum atomic E-state index is 0.844. The summed E-state index contributed by atoms with van der Waals surface area (Å²) in [7, 11) is 0. The summed E-state index contributed by atoms with van der Waals surface area (Å²) in [6.45, 7) is 3.78. The molecule has 0 atom stereocenters. The smallest absolute Gasteiger partial charge is 0.0302 e. The molecule has 8 heavy (non-hydrogen) atoms. The van der Waals surface area contributed by atoms with Crippen molar-refractivity contribution in [1.29, 1.82) is 0 Å². The van der Waals surface area contributed by atoms with Crippen molar-refractivity contribution in [1.82, 2.24) is 0 Å². The molecular weight excluding hydrogens is 98.1 g/mol. The number of allylic oxidation sites excluding steroid dienone is 3. The van der Waals surface area contributed by atoms with Gasteiger partial charge >= 0.3 is 0 Å². The molecule has 0 aromatic rings. The Bertz CT molecular complexity index is 142. The molecule has 0 heterocycles. The highest BCUT2D eigenvalue weighted by Crippen LogP contribution is 2.12. The minimum absolute atomic E-state index is 0.844. The van der Waals surface area contributed by atoms with E-state index >= 15 is 0 Å². The molecule has 0 saturated heterocycles. The van der Waals surface area contributed by atoms with Crippen LogP contribution in [0.1, 0.15) is 12.8 Å². The first-order chi connectivity index (χ1) is 3.80. The minimum Gasteiger partial charge on any atom is -0.399 e. The molecule has 1 radical (unpaired) electrons. The molecule has 1 heteroatoms. The van der Waals surface area contributed by atoms with E-state index in [1.165, 1.54) is 0 Å². The lowest BCUT2D eigenvalue weighted by Crippen LogP contribution is -2.00. The molecule has 0 aromatic heterocycles. The summed E-state index contributed by atoms with van der Waals surface area (Å²) >= 11 is 0. The summed E-state index contributed by atoms with van der Waals surface area (Å²) in [5, 5.41) is 0. The molecule has 1 aliphatic rings. The number of hydrogen-bond acceptors (Lipinski definition) is 1. The second kappa shape index (κ2) is 2.03. The van der Waals surface area contributed by atoms with Crippen LogP contribution in [0.15, 0.2) is 23.4 Å². The Kier molecular flexibility index (Phi) is 1.38. The van der Waals surface area contributed by atoms with E-state index in [1.807, 2.05) is 6.08 Å². The van der Waals surface area contributed by atoms with Crippen LogP contribution in [-0.4, -0.2) is 0 Å². The van der Waals surface area contributed by atoms with Crippen LogP contribution in [0.5, 0.6) is 0 Å². The highest BCUT2D eigenvalue weighted by Gasteiger charge is 1.97. The molecular formula is C7H10N. The Morgan fingerprint density at radius 2 is 2.38 bits per heavy atom. The van der Waals surface area contributed by atoms with Gasteiger partial charge in [-0.05, 0) is 31.4 Å². The molecule has 0 bridgehead atoms. The molecule has 0 fully saturated rings. The highest BCUT2D eigenvalue weighted by molar-refractivity contribution is 5.28. The molecule has 43 valence electrons. The van der Waals surface area contributed by atoms with Gasteiger partial charge in [-0.1, -0.05) is 6.08 Å². The molecule has 0 aliphatic heterocycles. The van der Waals surface area contributed by atoms with Gasteiger partial charge in [-0.2, -0.15) is 0 Å². The van der Waals surface area contributed by atoms with E-state index in [4.69, 9.17) is 5.73 Å². The van der Waals surface area contributed by atoms with E-state index in [0.29, 0.717) is 0 Å². The third kappa shape index (κ3) is 0.915. The second-order valence-corrected chi connectivity index (χ2v) is 2.00. The topological polar surface area (TPSA) is 26.0 Å². The van der Waals surface area contributed by atoms with Crippen molar-refractivity contribution in [3.8, 4) is 0 Å². The van der Waals surface area contributed by atoms with Gasteiger partial charge in [0, 0.05) is 5.70 Å². The quantitative estimate of drug-likeness (QED) is 0.498. The summed E-state index contributed by atoms with van der Waals surface area (Å²) < 4.78 is 0. The van der Waals surface area contributed by atoms with Gasteiger partial charge < -0.3 is 5.73 Å². The van der Waals surface area contributed by atoms with E-state index < -0.39 is 0 Å². The third-order valence-electron chi connectivity index (χ3n) is 1.32. The van der Waals surface area contributed by atoms with Crippen molar-refractivity contribution in [3.05, 3.63) is 30.3 Å². The van der Waals surface area contributed by atoms with Gasteiger partial charge in [0.1, 0.15) is 0 Å². The largest absolute Gasteiger partial charge is 0.399 e. The maximum Gasteiger partial charge on any atom is 0.0302 e. The van der Waals surface area contributed by atoms with Gasteiger partial charge in [-0.25, -0.2) is 0 Å². The zero-order valence-electron chi connectivity index (χ0n) is 4.85. The van der Waals surface area contributed by atoms with Crippen molar-refractivity contribution >= 4 is 0 Å². The Balaban J connectivity index is 2.76. The van der Waals surface area contributed by atoms with Crippen LogP contribution in [-0.2, 0) is 0 Å².